The van der Waals surface area contributed by atoms with E-state index in [2.05, 4.69) is 15.9 Å². The Kier molecular flexibility index (Phi) is 4.39. The van der Waals surface area contributed by atoms with Gasteiger partial charge in [0.15, 0.2) is 0 Å². The van der Waals surface area contributed by atoms with Crippen molar-refractivity contribution in [3.05, 3.63) is 64.1 Å². The lowest BCUT2D eigenvalue weighted by Crippen LogP contribution is -2.18. The van der Waals surface area contributed by atoms with Crippen molar-refractivity contribution >= 4 is 15.9 Å². The third-order valence-electron chi connectivity index (χ3n) is 2.70. The first-order valence-corrected chi connectivity index (χ1v) is 6.65. The highest BCUT2D eigenvalue weighted by Gasteiger charge is 2.07. The minimum atomic E-state index is -0.122. The molecule has 0 spiro atoms. The Morgan fingerprint density at radius 3 is 2.67 bits per heavy atom. The topological polar surface area (TPSA) is 35.2 Å². The first-order chi connectivity index (χ1) is 8.65. The summed E-state index contributed by atoms with van der Waals surface area (Å²) < 4.78 is 6.74. The number of hydrogen-bond donors (Lipinski definition) is 1. The van der Waals surface area contributed by atoms with Crippen molar-refractivity contribution in [3.8, 4) is 5.75 Å². The summed E-state index contributed by atoms with van der Waals surface area (Å²) >= 11 is 3.44. The number of halogens is 1. The van der Waals surface area contributed by atoms with Crippen LogP contribution < -0.4 is 10.5 Å². The van der Waals surface area contributed by atoms with Gasteiger partial charge in [-0.3, -0.25) is 0 Å². The van der Waals surface area contributed by atoms with Crippen molar-refractivity contribution in [1.29, 1.82) is 0 Å². The molecule has 2 aromatic rings. The fourth-order valence-electron chi connectivity index (χ4n) is 1.72. The molecule has 0 heterocycles. The minimum Gasteiger partial charge on any atom is -0.492 e. The molecule has 94 valence electrons. The van der Waals surface area contributed by atoms with Crippen LogP contribution in [0.25, 0.3) is 0 Å². The number of rotatable bonds is 4. The van der Waals surface area contributed by atoms with Gasteiger partial charge in [0, 0.05) is 4.47 Å². The van der Waals surface area contributed by atoms with Crippen LogP contribution in [0.5, 0.6) is 5.75 Å². The van der Waals surface area contributed by atoms with Gasteiger partial charge >= 0.3 is 0 Å². The molecule has 2 aromatic carbocycles. The molecular weight excluding hydrogens is 290 g/mol. The minimum absolute atomic E-state index is 0.122. The van der Waals surface area contributed by atoms with Crippen LogP contribution in [0.1, 0.15) is 17.2 Å². The van der Waals surface area contributed by atoms with Gasteiger partial charge in [-0.1, -0.05) is 40.2 Å². The largest absolute Gasteiger partial charge is 0.492 e. The molecule has 2 rings (SSSR count). The van der Waals surface area contributed by atoms with E-state index in [1.54, 1.807) is 0 Å². The Labute approximate surface area is 116 Å². The molecule has 3 heteroatoms. The monoisotopic (exact) mass is 305 g/mol. The van der Waals surface area contributed by atoms with Crippen molar-refractivity contribution in [3.63, 3.8) is 0 Å². The third-order valence-corrected chi connectivity index (χ3v) is 3.19. The smallest absolute Gasteiger partial charge is 0.119 e. The highest BCUT2D eigenvalue weighted by atomic mass is 79.9. The maximum absolute atomic E-state index is 6.10. The highest BCUT2D eigenvalue weighted by molar-refractivity contribution is 9.10. The quantitative estimate of drug-likeness (QED) is 0.931. The van der Waals surface area contributed by atoms with Crippen molar-refractivity contribution < 1.29 is 4.74 Å². The molecule has 0 radical (unpaired) electrons. The fraction of sp³-hybridized carbons (Fsp3) is 0.200. The molecule has 0 bridgehead atoms. The van der Waals surface area contributed by atoms with Crippen LogP contribution in [-0.4, -0.2) is 6.61 Å². The predicted octanol–water partition coefficient (Wildman–Crippen LogP) is 3.84. The molecule has 18 heavy (non-hydrogen) atoms. The first-order valence-electron chi connectivity index (χ1n) is 5.85. The fourth-order valence-corrected chi connectivity index (χ4v) is 2.14. The van der Waals surface area contributed by atoms with Gasteiger partial charge in [-0.15, -0.1) is 0 Å². The molecule has 1 atom stereocenters. The van der Waals surface area contributed by atoms with E-state index < -0.39 is 0 Å². The molecule has 1 unspecified atom stereocenters. The Morgan fingerprint density at radius 1 is 1.17 bits per heavy atom. The molecule has 0 aromatic heterocycles. The summed E-state index contributed by atoms with van der Waals surface area (Å²) in [7, 11) is 0. The van der Waals surface area contributed by atoms with Crippen LogP contribution in [0.3, 0.4) is 0 Å². The number of aryl methyl sites for hydroxylation is 1. The summed E-state index contributed by atoms with van der Waals surface area (Å²) in [6.45, 7) is 2.51. The van der Waals surface area contributed by atoms with Gasteiger partial charge in [0.1, 0.15) is 12.4 Å². The van der Waals surface area contributed by atoms with Crippen molar-refractivity contribution in [2.75, 3.05) is 6.61 Å². The molecular formula is C15H16BrNO. The van der Waals surface area contributed by atoms with Gasteiger partial charge in [-0.2, -0.15) is 0 Å². The van der Waals surface area contributed by atoms with E-state index >= 15 is 0 Å². The number of nitrogens with two attached hydrogens (primary N) is 1. The van der Waals surface area contributed by atoms with Gasteiger partial charge < -0.3 is 10.5 Å². The summed E-state index contributed by atoms with van der Waals surface area (Å²) in [5.41, 5.74) is 8.35. The summed E-state index contributed by atoms with van der Waals surface area (Å²) in [6.07, 6.45) is 0. The molecule has 2 nitrogen and oxygen atoms in total. The van der Waals surface area contributed by atoms with Crippen LogP contribution in [0.2, 0.25) is 0 Å². The average molecular weight is 306 g/mol. The Morgan fingerprint density at radius 2 is 1.94 bits per heavy atom. The van der Waals surface area contributed by atoms with Gasteiger partial charge in [0.05, 0.1) is 6.04 Å². The SMILES string of the molecule is Cc1cccc(OCC(N)c2cccc(Br)c2)c1. The number of benzene rings is 2. The highest BCUT2D eigenvalue weighted by Crippen LogP contribution is 2.19. The van der Waals surface area contributed by atoms with Gasteiger partial charge in [0.25, 0.3) is 0 Å². The molecule has 0 saturated carbocycles. The van der Waals surface area contributed by atoms with Gasteiger partial charge in [-0.25, -0.2) is 0 Å². The van der Waals surface area contributed by atoms with Gasteiger partial charge in [-0.05, 0) is 42.3 Å². The molecule has 2 N–H and O–H groups in total. The van der Waals surface area contributed by atoms with Crippen molar-refractivity contribution in [2.24, 2.45) is 5.73 Å². The molecule has 0 saturated heterocycles. The second kappa shape index (κ2) is 6.03. The van der Waals surface area contributed by atoms with Crippen LogP contribution in [0.4, 0.5) is 0 Å². The van der Waals surface area contributed by atoms with Crippen molar-refractivity contribution in [1.82, 2.24) is 0 Å². The summed E-state index contributed by atoms with van der Waals surface area (Å²) in [5.74, 6) is 0.862. The zero-order valence-electron chi connectivity index (χ0n) is 10.3. The zero-order chi connectivity index (χ0) is 13.0. The van der Waals surface area contributed by atoms with E-state index in [4.69, 9.17) is 10.5 Å². The maximum atomic E-state index is 6.10. The van der Waals surface area contributed by atoms with Crippen LogP contribution >= 0.6 is 15.9 Å². The molecule has 0 fully saturated rings. The van der Waals surface area contributed by atoms with E-state index in [9.17, 15) is 0 Å². The van der Waals surface area contributed by atoms with Crippen molar-refractivity contribution in [2.45, 2.75) is 13.0 Å². The molecule has 0 aliphatic carbocycles. The van der Waals surface area contributed by atoms with E-state index in [-0.39, 0.29) is 6.04 Å². The second-order valence-electron chi connectivity index (χ2n) is 4.29. The summed E-state index contributed by atoms with van der Waals surface area (Å²) in [4.78, 5) is 0. The summed E-state index contributed by atoms with van der Waals surface area (Å²) in [6, 6.07) is 15.8. The second-order valence-corrected chi connectivity index (χ2v) is 5.20. The standard InChI is InChI=1S/C15H16BrNO/c1-11-4-2-7-14(8-11)18-10-15(17)12-5-3-6-13(16)9-12/h2-9,15H,10,17H2,1H3. The van der Waals surface area contributed by atoms with Gasteiger partial charge in [0.2, 0.25) is 0 Å². The molecule has 0 aliphatic heterocycles. The lowest BCUT2D eigenvalue weighted by atomic mass is 10.1. The van der Waals surface area contributed by atoms with E-state index in [0.717, 1.165) is 15.8 Å². The van der Waals surface area contributed by atoms with E-state index in [0.29, 0.717) is 6.61 Å². The maximum Gasteiger partial charge on any atom is 0.119 e. The normalized spacial score (nSPS) is 12.2. The lowest BCUT2D eigenvalue weighted by Gasteiger charge is -2.14. The first kappa shape index (κ1) is 13.1. The number of hydrogen-bond acceptors (Lipinski definition) is 2. The average Bonchev–Trinajstić information content (AvgIpc) is 2.36. The Bertz CT molecular complexity index is 527. The lowest BCUT2D eigenvalue weighted by molar-refractivity contribution is 0.290. The molecule has 0 aliphatic rings. The van der Waals surface area contributed by atoms with E-state index in [1.807, 2.05) is 55.5 Å². The van der Waals surface area contributed by atoms with E-state index in [1.165, 1.54) is 5.56 Å². The number of ether oxygens (including phenoxy) is 1. The Balaban J connectivity index is 1.98. The summed E-state index contributed by atoms with van der Waals surface area (Å²) in [5, 5.41) is 0. The molecule has 0 amide bonds. The Hall–Kier alpha value is -1.32. The van der Waals surface area contributed by atoms with Crippen LogP contribution in [-0.2, 0) is 0 Å². The third kappa shape index (κ3) is 3.59. The zero-order valence-corrected chi connectivity index (χ0v) is 11.9. The van der Waals surface area contributed by atoms with Crippen LogP contribution in [0.15, 0.2) is 53.0 Å². The predicted molar refractivity (Wildman–Crippen MR) is 77.7 cm³/mol. The van der Waals surface area contributed by atoms with Crippen LogP contribution in [0, 0.1) is 6.92 Å².